The van der Waals surface area contributed by atoms with Gasteiger partial charge in [-0.15, -0.1) is 0 Å². The second kappa shape index (κ2) is 5.25. The SMILES string of the molecule is Nc1ncc2c(n1)CN(S(=O)(=O)c1c(F)cccc1F)CC2. The van der Waals surface area contributed by atoms with Crippen LogP contribution in [0.1, 0.15) is 11.3 Å². The highest BCUT2D eigenvalue weighted by molar-refractivity contribution is 7.89. The molecule has 0 fully saturated rings. The maximum absolute atomic E-state index is 13.8. The van der Waals surface area contributed by atoms with E-state index in [4.69, 9.17) is 5.73 Å². The third kappa shape index (κ3) is 2.42. The normalized spacial score (nSPS) is 15.5. The Morgan fingerprint density at radius 2 is 1.91 bits per heavy atom. The molecule has 0 unspecified atom stereocenters. The summed E-state index contributed by atoms with van der Waals surface area (Å²) in [5, 5.41) is 0. The minimum atomic E-state index is -4.30. The van der Waals surface area contributed by atoms with E-state index in [-0.39, 0.29) is 19.0 Å². The van der Waals surface area contributed by atoms with Crippen molar-refractivity contribution in [2.75, 3.05) is 12.3 Å². The largest absolute Gasteiger partial charge is 0.368 e. The Labute approximate surface area is 125 Å². The molecule has 9 heteroatoms. The third-order valence-corrected chi connectivity index (χ3v) is 5.34. The van der Waals surface area contributed by atoms with Crippen LogP contribution in [0.5, 0.6) is 0 Å². The van der Waals surface area contributed by atoms with Gasteiger partial charge in [0.1, 0.15) is 11.6 Å². The molecule has 0 radical (unpaired) electrons. The van der Waals surface area contributed by atoms with Crippen molar-refractivity contribution in [2.24, 2.45) is 0 Å². The van der Waals surface area contributed by atoms with Crippen molar-refractivity contribution in [3.8, 4) is 0 Å². The molecule has 1 aliphatic heterocycles. The van der Waals surface area contributed by atoms with Crippen LogP contribution in [-0.4, -0.2) is 29.2 Å². The van der Waals surface area contributed by atoms with E-state index in [2.05, 4.69) is 9.97 Å². The van der Waals surface area contributed by atoms with Crippen LogP contribution in [0.25, 0.3) is 0 Å². The molecule has 1 aromatic carbocycles. The molecule has 0 atom stereocenters. The van der Waals surface area contributed by atoms with Gasteiger partial charge in [0.05, 0.1) is 12.2 Å². The van der Waals surface area contributed by atoms with Crippen LogP contribution in [0.3, 0.4) is 0 Å². The van der Waals surface area contributed by atoms with Gasteiger partial charge in [-0.25, -0.2) is 27.2 Å². The van der Waals surface area contributed by atoms with Crippen LogP contribution < -0.4 is 5.73 Å². The summed E-state index contributed by atoms with van der Waals surface area (Å²) < 4.78 is 53.5. The van der Waals surface area contributed by atoms with E-state index >= 15 is 0 Å². The summed E-state index contributed by atoms with van der Waals surface area (Å²) in [5.41, 5.74) is 6.70. The topological polar surface area (TPSA) is 89.2 Å². The Morgan fingerprint density at radius 1 is 1.23 bits per heavy atom. The summed E-state index contributed by atoms with van der Waals surface area (Å²) in [4.78, 5) is 6.89. The highest BCUT2D eigenvalue weighted by atomic mass is 32.2. The molecule has 0 saturated heterocycles. The zero-order chi connectivity index (χ0) is 15.9. The van der Waals surface area contributed by atoms with E-state index in [1.807, 2.05) is 0 Å². The Bertz CT molecular complexity index is 822. The molecule has 0 saturated carbocycles. The summed E-state index contributed by atoms with van der Waals surface area (Å²) >= 11 is 0. The summed E-state index contributed by atoms with van der Waals surface area (Å²) in [6, 6.07) is 2.94. The van der Waals surface area contributed by atoms with Crippen LogP contribution in [0.4, 0.5) is 14.7 Å². The Balaban J connectivity index is 2.01. The van der Waals surface area contributed by atoms with Gasteiger partial charge < -0.3 is 5.73 Å². The highest BCUT2D eigenvalue weighted by Gasteiger charge is 2.33. The van der Waals surface area contributed by atoms with E-state index < -0.39 is 26.6 Å². The Hall–Kier alpha value is -2.13. The second-order valence-electron chi connectivity index (χ2n) is 4.84. The molecule has 0 spiro atoms. The summed E-state index contributed by atoms with van der Waals surface area (Å²) in [7, 11) is -4.30. The van der Waals surface area contributed by atoms with Gasteiger partial charge in [0.25, 0.3) is 0 Å². The number of sulfonamides is 1. The van der Waals surface area contributed by atoms with Crippen LogP contribution >= 0.6 is 0 Å². The Kier molecular flexibility index (Phi) is 3.53. The highest BCUT2D eigenvalue weighted by Crippen LogP contribution is 2.27. The average Bonchev–Trinajstić information content (AvgIpc) is 2.46. The fraction of sp³-hybridized carbons (Fsp3) is 0.231. The number of aromatic nitrogens is 2. The zero-order valence-electron chi connectivity index (χ0n) is 11.3. The number of hydrogen-bond acceptors (Lipinski definition) is 5. The molecule has 3 rings (SSSR count). The molecule has 2 N–H and O–H groups in total. The number of halogens is 2. The fourth-order valence-corrected chi connectivity index (χ4v) is 3.87. The van der Waals surface area contributed by atoms with Gasteiger partial charge in [-0.3, -0.25) is 0 Å². The van der Waals surface area contributed by atoms with Gasteiger partial charge in [-0.05, 0) is 24.1 Å². The van der Waals surface area contributed by atoms with E-state index in [0.717, 1.165) is 28.1 Å². The minimum absolute atomic E-state index is 0.0232. The lowest BCUT2D eigenvalue weighted by atomic mass is 10.1. The lowest BCUT2D eigenvalue weighted by Gasteiger charge is -2.27. The van der Waals surface area contributed by atoms with Gasteiger partial charge in [0.15, 0.2) is 4.90 Å². The molecule has 2 heterocycles. The van der Waals surface area contributed by atoms with Crippen molar-refractivity contribution in [1.29, 1.82) is 0 Å². The van der Waals surface area contributed by atoms with Crippen molar-refractivity contribution in [2.45, 2.75) is 17.9 Å². The standard InChI is InChI=1S/C13H12F2N4O2S/c14-9-2-1-3-10(15)12(9)22(20,21)19-5-4-8-6-17-13(16)18-11(8)7-19/h1-3,6H,4-5,7H2,(H2,16,17,18). The predicted molar refractivity (Wildman–Crippen MR) is 74.1 cm³/mol. The number of nitrogens with two attached hydrogens (primary N) is 1. The summed E-state index contributed by atoms with van der Waals surface area (Å²) in [5.74, 6) is -2.21. The van der Waals surface area contributed by atoms with Crippen molar-refractivity contribution < 1.29 is 17.2 Å². The quantitative estimate of drug-likeness (QED) is 0.892. The van der Waals surface area contributed by atoms with Gasteiger partial charge in [0.2, 0.25) is 16.0 Å². The molecular formula is C13H12F2N4O2S. The maximum atomic E-state index is 13.8. The molecule has 0 amide bonds. The molecule has 1 aliphatic rings. The first-order valence-electron chi connectivity index (χ1n) is 6.44. The average molecular weight is 326 g/mol. The number of rotatable bonds is 2. The van der Waals surface area contributed by atoms with Gasteiger partial charge >= 0.3 is 0 Å². The van der Waals surface area contributed by atoms with Gasteiger partial charge in [0, 0.05) is 12.7 Å². The smallest absolute Gasteiger partial charge is 0.249 e. The van der Waals surface area contributed by atoms with Crippen molar-refractivity contribution >= 4 is 16.0 Å². The molecule has 6 nitrogen and oxygen atoms in total. The monoisotopic (exact) mass is 326 g/mol. The number of nitrogens with zero attached hydrogens (tertiary/aromatic N) is 3. The first-order valence-corrected chi connectivity index (χ1v) is 7.88. The van der Waals surface area contributed by atoms with Crippen LogP contribution in [-0.2, 0) is 23.0 Å². The molecule has 22 heavy (non-hydrogen) atoms. The molecular weight excluding hydrogens is 314 g/mol. The minimum Gasteiger partial charge on any atom is -0.368 e. The first kappa shape index (κ1) is 14.8. The number of benzene rings is 1. The third-order valence-electron chi connectivity index (χ3n) is 3.45. The molecule has 0 bridgehead atoms. The van der Waals surface area contributed by atoms with Crippen molar-refractivity contribution in [3.05, 3.63) is 47.3 Å². The first-order chi connectivity index (χ1) is 10.4. The zero-order valence-corrected chi connectivity index (χ0v) is 12.1. The van der Waals surface area contributed by atoms with Gasteiger partial charge in [-0.1, -0.05) is 6.07 Å². The summed E-state index contributed by atoms with van der Waals surface area (Å²) in [6.45, 7) is -0.00541. The van der Waals surface area contributed by atoms with Crippen LogP contribution in [0.15, 0.2) is 29.3 Å². The number of fused-ring (bicyclic) bond motifs is 1. The number of hydrogen-bond donors (Lipinski definition) is 1. The van der Waals surface area contributed by atoms with Crippen LogP contribution in [0, 0.1) is 11.6 Å². The molecule has 1 aromatic heterocycles. The lowest BCUT2D eigenvalue weighted by Crippen LogP contribution is -2.37. The molecule has 0 aliphatic carbocycles. The van der Waals surface area contributed by atoms with E-state index in [0.29, 0.717) is 12.1 Å². The lowest BCUT2D eigenvalue weighted by molar-refractivity contribution is 0.378. The number of nitrogen functional groups attached to an aromatic ring is 1. The van der Waals surface area contributed by atoms with E-state index in [9.17, 15) is 17.2 Å². The molecule has 2 aromatic rings. The fourth-order valence-electron chi connectivity index (χ4n) is 2.36. The summed E-state index contributed by atoms with van der Waals surface area (Å²) in [6.07, 6.45) is 1.89. The second-order valence-corrected chi connectivity index (χ2v) is 6.71. The van der Waals surface area contributed by atoms with Crippen molar-refractivity contribution in [3.63, 3.8) is 0 Å². The van der Waals surface area contributed by atoms with Crippen molar-refractivity contribution in [1.82, 2.24) is 14.3 Å². The van der Waals surface area contributed by atoms with Crippen LogP contribution in [0.2, 0.25) is 0 Å². The Morgan fingerprint density at radius 3 is 2.59 bits per heavy atom. The molecule has 116 valence electrons. The van der Waals surface area contributed by atoms with E-state index in [1.54, 1.807) is 0 Å². The predicted octanol–water partition coefficient (Wildman–Crippen LogP) is 1.08. The van der Waals surface area contributed by atoms with Gasteiger partial charge in [-0.2, -0.15) is 4.31 Å². The number of anilines is 1. The van der Waals surface area contributed by atoms with E-state index in [1.165, 1.54) is 6.20 Å². The maximum Gasteiger partial charge on any atom is 0.249 e.